The van der Waals surface area contributed by atoms with Crippen LogP contribution in [0.2, 0.25) is 0 Å². The molecule has 0 spiro atoms. The lowest BCUT2D eigenvalue weighted by Gasteiger charge is -2.02. The van der Waals surface area contributed by atoms with E-state index in [1.54, 1.807) is 6.20 Å². The van der Waals surface area contributed by atoms with Crippen molar-refractivity contribution in [2.75, 3.05) is 5.73 Å². The predicted molar refractivity (Wildman–Crippen MR) is 67.3 cm³/mol. The number of aromatic nitrogens is 3. The Hall–Kier alpha value is -2.49. The van der Waals surface area contributed by atoms with Crippen LogP contribution in [0.1, 0.15) is 0 Å². The number of rotatable bonds is 2. The maximum atomic E-state index is 5.66. The first-order chi connectivity index (χ1) is 8.33. The van der Waals surface area contributed by atoms with Crippen molar-refractivity contribution in [3.63, 3.8) is 0 Å². The van der Waals surface area contributed by atoms with Crippen LogP contribution in [-0.2, 0) is 0 Å². The van der Waals surface area contributed by atoms with Crippen LogP contribution in [-0.4, -0.2) is 14.3 Å². The molecule has 0 aliphatic carbocycles. The van der Waals surface area contributed by atoms with Crippen LogP contribution >= 0.6 is 0 Å². The normalized spacial score (nSPS) is 10.6. The molecule has 4 nitrogen and oxygen atoms in total. The lowest BCUT2D eigenvalue weighted by Crippen LogP contribution is -1.93. The zero-order valence-electron chi connectivity index (χ0n) is 9.19. The van der Waals surface area contributed by atoms with Crippen LogP contribution in [0.5, 0.6) is 0 Å². The van der Waals surface area contributed by atoms with Crippen molar-refractivity contribution < 1.29 is 0 Å². The number of nitrogen functional groups attached to an aromatic ring is 1. The topological polar surface area (TPSA) is 48.8 Å². The van der Waals surface area contributed by atoms with Crippen molar-refractivity contribution >= 4 is 5.69 Å². The van der Waals surface area contributed by atoms with Crippen molar-refractivity contribution in [3.8, 4) is 11.4 Å². The molecule has 0 unspecified atom stereocenters. The Morgan fingerprint density at radius 2 is 1.76 bits per heavy atom. The lowest BCUT2D eigenvalue weighted by atomic mass is 10.3. The predicted octanol–water partition coefficient (Wildman–Crippen LogP) is 2.25. The second-order valence-electron chi connectivity index (χ2n) is 3.82. The first kappa shape index (κ1) is 9.72. The van der Waals surface area contributed by atoms with E-state index in [9.17, 15) is 0 Å². The molecule has 2 heterocycles. The van der Waals surface area contributed by atoms with Gasteiger partial charge in [-0.2, -0.15) is 5.10 Å². The zero-order valence-corrected chi connectivity index (χ0v) is 9.19. The molecule has 17 heavy (non-hydrogen) atoms. The third kappa shape index (κ3) is 1.80. The van der Waals surface area contributed by atoms with Crippen LogP contribution < -0.4 is 5.73 Å². The number of benzene rings is 1. The smallest absolute Gasteiger partial charge is 0.0826 e. The Labute approximate surface area is 98.9 Å². The van der Waals surface area contributed by atoms with Gasteiger partial charge in [0, 0.05) is 36.2 Å². The molecule has 0 saturated heterocycles. The van der Waals surface area contributed by atoms with Crippen LogP contribution in [0.25, 0.3) is 11.4 Å². The largest absolute Gasteiger partial charge is 0.399 e. The van der Waals surface area contributed by atoms with Gasteiger partial charge in [0.2, 0.25) is 0 Å². The summed E-state index contributed by atoms with van der Waals surface area (Å²) < 4.78 is 3.87. The highest BCUT2D eigenvalue weighted by Crippen LogP contribution is 2.14. The van der Waals surface area contributed by atoms with E-state index in [0.717, 1.165) is 17.1 Å². The molecular formula is C13H12N4. The summed E-state index contributed by atoms with van der Waals surface area (Å²) in [6.07, 6.45) is 7.71. The Bertz CT molecular complexity index is 605. The summed E-state index contributed by atoms with van der Waals surface area (Å²) in [4.78, 5) is 0. The van der Waals surface area contributed by atoms with E-state index in [2.05, 4.69) is 5.10 Å². The number of hydrogen-bond donors (Lipinski definition) is 1. The fourth-order valence-corrected chi connectivity index (χ4v) is 1.75. The highest BCUT2D eigenvalue weighted by Gasteiger charge is 2.00. The summed E-state index contributed by atoms with van der Waals surface area (Å²) in [5.74, 6) is 0. The van der Waals surface area contributed by atoms with Crippen molar-refractivity contribution in [2.45, 2.75) is 0 Å². The Morgan fingerprint density at radius 3 is 2.47 bits per heavy atom. The summed E-state index contributed by atoms with van der Waals surface area (Å²) in [5.41, 5.74) is 8.55. The zero-order chi connectivity index (χ0) is 11.7. The SMILES string of the molecule is Nc1ccc(-n2ccc(-n3cccn3)c2)cc1. The fourth-order valence-electron chi connectivity index (χ4n) is 1.75. The summed E-state index contributed by atoms with van der Waals surface area (Å²) in [5, 5.41) is 4.19. The molecule has 2 aromatic heterocycles. The van der Waals surface area contributed by atoms with E-state index in [4.69, 9.17) is 5.73 Å². The molecule has 3 aromatic rings. The minimum absolute atomic E-state index is 0.771. The Balaban J connectivity index is 1.98. The average molecular weight is 224 g/mol. The standard InChI is InChI=1S/C13H12N4/c14-11-2-4-12(5-3-11)16-9-6-13(10-16)17-8-1-7-15-17/h1-10H,14H2. The second-order valence-corrected chi connectivity index (χ2v) is 3.82. The van der Waals surface area contributed by atoms with Gasteiger partial charge in [-0.25, -0.2) is 4.68 Å². The van der Waals surface area contributed by atoms with Gasteiger partial charge in [-0.1, -0.05) is 0 Å². The molecule has 3 rings (SSSR count). The van der Waals surface area contributed by atoms with E-state index < -0.39 is 0 Å². The minimum atomic E-state index is 0.771. The molecule has 4 heteroatoms. The first-order valence-electron chi connectivity index (χ1n) is 5.37. The number of anilines is 1. The average Bonchev–Trinajstić information content (AvgIpc) is 3.00. The lowest BCUT2D eigenvalue weighted by molar-refractivity contribution is 0.878. The monoisotopic (exact) mass is 224 g/mol. The number of nitrogens with zero attached hydrogens (tertiary/aromatic N) is 3. The third-order valence-corrected chi connectivity index (χ3v) is 2.64. The van der Waals surface area contributed by atoms with Gasteiger partial charge in [-0.15, -0.1) is 0 Å². The molecule has 1 aromatic carbocycles. The molecule has 0 bridgehead atoms. The van der Waals surface area contributed by atoms with Crippen LogP contribution in [0.3, 0.4) is 0 Å². The van der Waals surface area contributed by atoms with Gasteiger partial charge in [-0.3, -0.25) is 0 Å². The van der Waals surface area contributed by atoms with E-state index in [0.29, 0.717) is 0 Å². The molecule has 0 atom stereocenters. The summed E-state index contributed by atoms with van der Waals surface area (Å²) in [6, 6.07) is 11.7. The molecule has 0 aliphatic heterocycles. The molecule has 0 saturated carbocycles. The highest BCUT2D eigenvalue weighted by atomic mass is 15.3. The molecular weight excluding hydrogens is 212 g/mol. The maximum absolute atomic E-state index is 5.66. The highest BCUT2D eigenvalue weighted by molar-refractivity contribution is 5.46. The van der Waals surface area contributed by atoms with Crippen molar-refractivity contribution in [3.05, 3.63) is 61.2 Å². The summed E-state index contributed by atoms with van der Waals surface area (Å²) in [7, 11) is 0. The van der Waals surface area contributed by atoms with Crippen LogP contribution in [0.15, 0.2) is 61.2 Å². The van der Waals surface area contributed by atoms with Crippen LogP contribution in [0.4, 0.5) is 5.69 Å². The molecule has 0 fully saturated rings. The Morgan fingerprint density at radius 1 is 0.941 bits per heavy atom. The third-order valence-electron chi connectivity index (χ3n) is 2.64. The van der Waals surface area contributed by atoms with E-state index in [1.807, 2.05) is 64.2 Å². The molecule has 0 radical (unpaired) electrons. The molecule has 0 aliphatic rings. The van der Waals surface area contributed by atoms with Gasteiger partial charge in [0.05, 0.1) is 5.69 Å². The quantitative estimate of drug-likeness (QED) is 0.679. The molecule has 2 N–H and O–H groups in total. The van der Waals surface area contributed by atoms with Crippen molar-refractivity contribution in [1.82, 2.24) is 14.3 Å². The van der Waals surface area contributed by atoms with Gasteiger partial charge in [0.15, 0.2) is 0 Å². The van der Waals surface area contributed by atoms with Crippen LogP contribution in [0, 0.1) is 0 Å². The van der Waals surface area contributed by atoms with Gasteiger partial charge in [-0.05, 0) is 36.4 Å². The molecule has 84 valence electrons. The first-order valence-corrected chi connectivity index (χ1v) is 5.37. The van der Waals surface area contributed by atoms with E-state index >= 15 is 0 Å². The minimum Gasteiger partial charge on any atom is -0.399 e. The van der Waals surface area contributed by atoms with Crippen molar-refractivity contribution in [1.29, 1.82) is 0 Å². The summed E-state index contributed by atoms with van der Waals surface area (Å²) in [6.45, 7) is 0. The number of hydrogen-bond acceptors (Lipinski definition) is 2. The van der Waals surface area contributed by atoms with E-state index in [1.165, 1.54) is 0 Å². The van der Waals surface area contributed by atoms with Crippen molar-refractivity contribution in [2.24, 2.45) is 0 Å². The van der Waals surface area contributed by atoms with E-state index in [-0.39, 0.29) is 0 Å². The Kier molecular flexibility index (Phi) is 2.19. The van der Waals surface area contributed by atoms with Gasteiger partial charge in [0.25, 0.3) is 0 Å². The number of nitrogens with two attached hydrogens (primary N) is 1. The maximum Gasteiger partial charge on any atom is 0.0826 e. The second kappa shape index (κ2) is 3.83. The van der Waals surface area contributed by atoms with Gasteiger partial charge >= 0.3 is 0 Å². The summed E-state index contributed by atoms with van der Waals surface area (Å²) >= 11 is 0. The molecule has 0 amide bonds. The van der Waals surface area contributed by atoms with Gasteiger partial charge < -0.3 is 10.3 Å². The fraction of sp³-hybridized carbons (Fsp3) is 0. The van der Waals surface area contributed by atoms with Gasteiger partial charge in [0.1, 0.15) is 0 Å².